The number of pyridine rings is 1. The third kappa shape index (κ3) is 6.78. The highest BCUT2D eigenvalue weighted by Crippen LogP contribution is 2.36. The van der Waals surface area contributed by atoms with E-state index in [1.165, 1.54) is 20.5 Å². The van der Waals surface area contributed by atoms with Crippen molar-refractivity contribution in [1.29, 1.82) is 0 Å². The van der Waals surface area contributed by atoms with Crippen LogP contribution in [0.15, 0.2) is 59.9 Å². The second-order valence-electron chi connectivity index (χ2n) is 9.24. The van der Waals surface area contributed by atoms with Crippen molar-refractivity contribution >= 4 is 38.4 Å². The van der Waals surface area contributed by atoms with Crippen LogP contribution in [0.25, 0.3) is 22.0 Å². The summed E-state index contributed by atoms with van der Waals surface area (Å²) in [6.07, 6.45) is -2.00. The molecule has 1 aliphatic rings. The molecule has 5 rings (SSSR count). The first-order valence-electron chi connectivity index (χ1n) is 12.7. The van der Waals surface area contributed by atoms with Gasteiger partial charge in [-0.2, -0.15) is 13.2 Å². The standard InChI is InChI=1S/C25H24F2N6O3S.C2HF3O2/c1-32(37(34,35)23-19(26)4-3-5-20(23)27)22-13-17(14-29-25(22)36-2)16-6-7-21-18(12-16)24(31-15-30-21)33-10-8-28-9-11-33;3-2(4,5)1(6)7/h3-7,12-15,28H,8-11H2,1-2H3;(H,6,7). The molecule has 0 amide bonds. The van der Waals surface area contributed by atoms with Crippen molar-refractivity contribution in [3.05, 3.63) is 66.6 Å². The van der Waals surface area contributed by atoms with Gasteiger partial charge in [-0.1, -0.05) is 12.1 Å². The van der Waals surface area contributed by atoms with Crippen LogP contribution in [0.3, 0.4) is 0 Å². The molecule has 0 bridgehead atoms. The predicted octanol–water partition coefficient (Wildman–Crippen LogP) is 3.85. The Morgan fingerprint density at radius 3 is 2.25 bits per heavy atom. The number of hydrogen-bond acceptors (Lipinski definition) is 9. The fourth-order valence-electron chi connectivity index (χ4n) is 4.33. The number of benzene rings is 2. The fourth-order valence-corrected chi connectivity index (χ4v) is 5.62. The summed E-state index contributed by atoms with van der Waals surface area (Å²) in [6, 6.07) is 10.1. The smallest absolute Gasteiger partial charge is 0.479 e. The fraction of sp³-hybridized carbons (Fsp3) is 0.259. The number of rotatable bonds is 6. The van der Waals surface area contributed by atoms with Crippen LogP contribution in [0.1, 0.15) is 0 Å². The molecule has 44 heavy (non-hydrogen) atoms. The maximum Gasteiger partial charge on any atom is 0.490 e. The molecule has 4 aromatic rings. The summed E-state index contributed by atoms with van der Waals surface area (Å²) >= 11 is 0. The van der Waals surface area contributed by atoms with E-state index in [0.717, 1.165) is 71.0 Å². The summed E-state index contributed by atoms with van der Waals surface area (Å²) in [4.78, 5) is 23.2. The lowest BCUT2D eigenvalue weighted by atomic mass is 10.0. The van der Waals surface area contributed by atoms with E-state index in [2.05, 4.69) is 25.2 Å². The monoisotopic (exact) mass is 640 g/mol. The van der Waals surface area contributed by atoms with Gasteiger partial charge < -0.3 is 20.1 Å². The highest BCUT2D eigenvalue weighted by molar-refractivity contribution is 7.92. The third-order valence-electron chi connectivity index (χ3n) is 6.51. The van der Waals surface area contributed by atoms with Gasteiger partial charge in [0, 0.05) is 50.4 Å². The number of methoxy groups -OCH3 is 1. The molecule has 0 spiro atoms. The molecule has 3 heterocycles. The number of aromatic nitrogens is 3. The molecule has 0 atom stereocenters. The van der Waals surface area contributed by atoms with Crippen molar-refractivity contribution in [1.82, 2.24) is 20.3 Å². The zero-order valence-electron chi connectivity index (χ0n) is 23.1. The molecule has 1 aliphatic heterocycles. The van der Waals surface area contributed by atoms with E-state index in [0.29, 0.717) is 5.56 Å². The lowest BCUT2D eigenvalue weighted by Crippen LogP contribution is -2.44. The quantitative estimate of drug-likeness (QED) is 0.299. The Morgan fingerprint density at radius 2 is 1.66 bits per heavy atom. The van der Waals surface area contributed by atoms with Crippen LogP contribution in [-0.2, 0) is 14.8 Å². The van der Waals surface area contributed by atoms with Crippen molar-refractivity contribution < 1.29 is 45.0 Å². The van der Waals surface area contributed by atoms with Crippen molar-refractivity contribution in [3.63, 3.8) is 0 Å². The van der Waals surface area contributed by atoms with Crippen LogP contribution in [0.4, 0.5) is 33.5 Å². The number of carbonyl (C=O) groups is 1. The van der Waals surface area contributed by atoms with Gasteiger partial charge in [0.15, 0.2) is 4.90 Å². The summed E-state index contributed by atoms with van der Waals surface area (Å²) in [5.41, 5.74) is 2.10. The van der Waals surface area contributed by atoms with Gasteiger partial charge >= 0.3 is 12.1 Å². The molecular formula is C27H25F5N6O5S. The minimum absolute atomic E-state index is 0.0165. The van der Waals surface area contributed by atoms with Crippen LogP contribution < -0.4 is 19.3 Å². The van der Waals surface area contributed by atoms with Crippen molar-refractivity contribution in [2.24, 2.45) is 0 Å². The lowest BCUT2D eigenvalue weighted by molar-refractivity contribution is -0.192. The lowest BCUT2D eigenvalue weighted by Gasteiger charge is -2.29. The summed E-state index contributed by atoms with van der Waals surface area (Å²) in [6.45, 7) is 3.31. The Bertz CT molecular complexity index is 1770. The number of piperazine rings is 1. The molecule has 2 aromatic heterocycles. The van der Waals surface area contributed by atoms with Gasteiger partial charge in [-0.25, -0.2) is 36.9 Å². The summed E-state index contributed by atoms with van der Waals surface area (Å²) in [5, 5.41) is 11.3. The molecule has 0 aliphatic carbocycles. The van der Waals surface area contributed by atoms with E-state index in [1.807, 2.05) is 18.2 Å². The molecule has 1 saturated heterocycles. The number of carboxylic acids is 1. The first-order valence-corrected chi connectivity index (χ1v) is 14.2. The summed E-state index contributed by atoms with van der Waals surface area (Å²) in [7, 11) is -2.08. The number of hydrogen-bond donors (Lipinski definition) is 2. The topological polar surface area (TPSA) is 138 Å². The Hall–Kier alpha value is -4.64. The average molecular weight is 641 g/mol. The molecule has 0 unspecified atom stereocenters. The molecule has 234 valence electrons. The number of aliphatic carboxylic acids is 1. The normalized spacial score (nSPS) is 13.7. The maximum atomic E-state index is 14.4. The molecule has 0 radical (unpaired) electrons. The first kappa shape index (κ1) is 32.3. The van der Waals surface area contributed by atoms with E-state index in [1.54, 1.807) is 12.3 Å². The van der Waals surface area contributed by atoms with Crippen LogP contribution >= 0.6 is 0 Å². The van der Waals surface area contributed by atoms with Crippen LogP contribution in [0.2, 0.25) is 0 Å². The summed E-state index contributed by atoms with van der Waals surface area (Å²) < 4.78 is 93.0. The van der Waals surface area contributed by atoms with Gasteiger partial charge in [0.1, 0.15) is 29.5 Å². The second kappa shape index (κ2) is 12.9. The third-order valence-corrected chi connectivity index (χ3v) is 8.33. The Kier molecular flexibility index (Phi) is 9.48. The van der Waals surface area contributed by atoms with Crippen LogP contribution in [0, 0.1) is 11.6 Å². The number of halogens is 5. The minimum Gasteiger partial charge on any atom is -0.479 e. The van der Waals surface area contributed by atoms with E-state index in [-0.39, 0.29) is 11.6 Å². The second-order valence-corrected chi connectivity index (χ2v) is 11.2. The molecule has 17 heteroatoms. The molecule has 11 nitrogen and oxygen atoms in total. The number of ether oxygens (including phenoxy) is 1. The van der Waals surface area contributed by atoms with Gasteiger partial charge in [-0.3, -0.25) is 4.31 Å². The minimum atomic E-state index is -5.08. The van der Waals surface area contributed by atoms with Crippen molar-refractivity contribution in [3.8, 4) is 17.0 Å². The van der Waals surface area contributed by atoms with Crippen molar-refractivity contribution in [2.75, 3.05) is 49.5 Å². The maximum absolute atomic E-state index is 14.4. The predicted molar refractivity (Wildman–Crippen MR) is 150 cm³/mol. The van der Waals surface area contributed by atoms with Crippen LogP contribution in [-0.4, -0.2) is 81.0 Å². The number of fused-ring (bicyclic) bond motifs is 1. The molecule has 1 fully saturated rings. The van der Waals surface area contributed by atoms with Crippen molar-refractivity contribution in [2.45, 2.75) is 11.1 Å². The zero-order chi connectivity index (χ0) is 32.2. The number of carboxylic acid groups (broad SMARTS) is 1. The molecule has 2 aromatic carbocycles. The summed E-state index contributed by atoms with van der Waals surface area (Å²) in [5.74, 6) is -4.34. The largest absolute Gasteiger partial charge is 0.490 e. The number of nitrogens with one attached hydrogen (secondary N) is 1. The number of anilines is 2. The average Bonchev–Trinajstić information content (AvgIpc) is 3.00. The van der Waals surface area contributed by atoms with Gasteiger partial charge in [0.05, 0.1) is 12.6 Å². The Balaban J connectivity index is 0.000000566. The molecular weight excluding hydrogens is 615 g/mol. The van der Waals surface area contributed by atoms with Gasteiger partial charge in [0.25, 0.3) is 10.0 Å². The van der Waals surface area contributed by atoms with Crippen LogP contribution in [0.5, 0.6) is 5.88 Å². The van der Waals surface area contributed by atoms with E-state index >= 15 is 0 Å². The van der Waals surface area contributed by atoms with E-state index < -0.39 is 38.7 Å². The zero-order valence-corrected chi connectivity index (χ0v) is 24.0. The Morgan fingerprint density at radius 1 is 1.02 bits per heavy atom. The van der Waals surface area contributed by atoms with E-state index in [9.17, 15) is 30.4 Å². The highest BCUT2D eigenvalue weighted by atomic mass is 32.2. The number of nitrogens with zero attached hydrogens (tertiary/aromatic N) is 5. The van der Waals surface area contributed by atoms with Gasteiger partial charge in [0.2, 0.25) is 5.88 Å². The Labute approximate surface area is 248 Å². The van der Waals surface area contributed by atoms with Gasteiger partial charge in [-0.05, 0) is 35.9 Å². The van der Waals surface area contributed by atoms with Gasteiger partial charge in [-0.15, -0.1) is 0 Å². The number of alkyl halides is 3. The molecule has 0 saturated carbocycles. The SMILES string of the molecule is COc1ncc(-c2ccc3ncnc(N4CCNCC4)c3c2)cc1N(C)S(=O)(=O)c1c(F)cccc1F.O=C(O)C(F)(F)F. The first-order chi connectivity index (χ1) is 20.8. The number of sulfonamides is 1. The highest BCUT2D eigenvalue weighted by Gasteiger charge is 2.38. The van der Waals surface area contributed by atoms with E-state index in [4.69, 9.17) is 14.6 Å². The molecule has 2 N–H and O–H groups in total.